The minimum atomic E-state index is -0.0183. The number of benzene rings is 1. The first-order valence-corrected chi connectivity index (χ1v) is 7.28. The number of piperidine rings is 1. The molecule has 1 N–H and O–H groups in total. The molecule has 1 aromatic carbocycles. The number of rotatable bonds is 5. The summed E-state index contributed by atoms with van der Waals surface area (Å²) in [7, 11) is 0. The van der Waals surface area contributed by atoms with E-state index < -0.39 is 0 Å². The van der Waals surface area contributed by atoms with Gasteiger partial charge in [0.25, 0.3) is 0 Å². The second-order valence-electron chi connectivity index (χ2n) is 5.11. The molecule has 0 aliphatic carbocycles. The molecule has 1 unspecified atom stereocenters. The number of halogens is 1. The van der Waals surface area contributed by atoms with Crippen LogP contribution < -0.4 is 0 Å². The molecule has 0 spiro atoms. The van der Waals surface area contributed by atoms with E-state index in [1.54, 1.807) is 11.0 Å². The first-order valence-electron chi connectivity index (χ1n) is 6.90. The molecule has 2 rings (SSSR count). The van der Waals surface area contributed by atoms with E-state index in [4.69, 9.17) is 21.4 Å². The average molecular weight is 298 g/mol. The Kier molecular flexibility index (Phi) is 5.83. The summed E-state index contributed by atoms with van der Waals surface area (Å²) in [5.74, 6) is 0.187. The van der Waals surface area contributed by atoms with Crippen molar-refractivity contribution in [3.63, 3.8) is 0 Å². The van der Waals surface area contributed by atoms with E-state index in [0.29, 0.717) is 18.2 Å². The third-order valence-corrected chi connectivity index (χ3v) is 3.94. The predicted octanol–water partition coefficient (Wildman–Crippen LogP) is 2.09. The fourth-order valence-electron chi connectivity index (χ4n) is 2.40. The van der Waals surface area contributed by atoms with Gasteiger partial charge in [-0.2, -0.15) is 0 Å². The highest BCUT2D eigenvalue weighted by molar-refractivity contribution is 6.31. The first kappa shape index (κ1) is 15.3. The number of hydrogen-bond donors (Lipinski definition) is 1. The van der Waals surface area contributed by atoms with Gasteiger partial charge in [-0.15, -0.1) is 0 Å². The van der Waals surface area contributed by atoms with Crippen LogP contribution in [0.3, 0.4) is 0 Å². The molecule has 1 aromatic rings. The van der Waals surface area contributed by atoms with E-state index >= 15 is 0 Å². The Labute approximate surface area is 124 Å². The zero-order valence-electron chi connectivity index (χ0n) is 11.4. The minimum absolute atomic E-state index is 0.0183. The molecular formula is C15H20ClNO3. The standard InChI is InChI=1S/C15H20ClNO3/c16-14-6-2-1-5-13(14)10-20-11-15(19)17-7-3-4-12(8-17)9-18/h1-2,5-6,12,18H,3-4,7-11H2. The Hall–Kier alpha value is -1.10. The Bertz CT molecular complexity index is 452. The van der Waals surface area contributed by atoms with E-state index in [2.05, 4.69) is 0 Å². The molecule has 110 valence electrons. The van der Waals surface area contributed by atoms with Gasteiger partial charge in [-0.05, 0) is 30.4 Å². The Morgan fingerprint density at radius 3 is 3.00 bits per heavy atom. The fraction of sp³-hybridized carbons (Fsp3) is 0.533. The van der Waals surface area contributed by atoms with E-state index in [0.717, 1.165) is 24.9 Å². The number of carbonyl (C=O) groups excluding carboxylic acids is 1. The maximum atomic E-state index is 12.0. The van der Waals surface area contributed by atoms with Crippen LogP contribution in [0, 0.1) is 5.92 Å². The Morgan fingerprint density at radius 1 is 1.45 bits per heavy atom. The molecule has 1 amide bonds. The summed E-state index contributed by atoms with van der Waals surface area (Å²) in [6, 6.07) is 7.44. The van der Waals surface area contributed by atoms with Crippen LogP contribution in [0.2, 0.25) is 5.02 Å². The number of nitrogens with zero attached hydrogens (tertiary/aromatic N) is 1. The van der Waals surface area contributed by atoms with E-state index in [1.165, 1.54) is 0 Å². The van der Waals surface area contributed by atoms with Gasteiger partial charge in [0.05, 0.1) is 6.61 Å². The molecule has 5 heteroatoms. The molecule has 1 heterocycles. The SMILES string of the molecule is O=C(COCc1ccccc1Cl)N1CCCC(CO)C1. The summed E-state index contributed by atoms with van der Waals surface area (Å²) in [5.41, 5.74) is 0.883. The third-order valence-electron chi connectivity index (χ3n) is 3.57. The maximum absolute atomic E-state index is 12.0. The smallest absolute Gasteiger partial charge is 0.248 e. The number of aliphatic hydroxyl groups excluding tert-OH is 1. The lowest BCUT2D eigenvalue weighted by Crippen LogP contribution is -2.42. The highest BCUT2D eigenvalue weighted by Gasteiger charge is 2.22. The van der Waals surface area contributed by atoms with E-state index in [9.17, 15) is 4.79 Å². The van der Waals surface area contributed by atoms with E-state index in [1.807, 2.05) is 18.2 Å². The summed E-state index contributed by atoms with van der Waals surface area (Å²) in [5, 5.41) is 9.81. The number of carbonyl (C=O) groups is 1. The van der Waals surface area contributed by atoms with Crippen molar-refractivity contribution in [1.29, 1.82) is 0 Å². The quantitative estimate of drug-likeness (QED) is 0.905. The van der Waals surface area contributed by atoms with Crippen molar-refractivity contribution in [3.8, 4) is 0 Å². The van der Waals surface area contributed by atoms with Gasteiger partial charge >= 0.3 is 0 Å². The minimum Gasteiger partial charge on any atom is -0.396 e. The van der Waals surface area contributed by atoms with Gasteiger partial charge < -0.3 is 14.7 Å². The summed E-state index contributed by atoms with van der Waals surface area (Å²) < 4.78 is 5.45. The number of ether oxygens (including phenoxy) is 1. The van der Waals surface area contributed by atoms with Crippen LogP contribution in [-0.4, -0.2) is 42.2 Å². The van der Waals surface area contributed by atoms with Gasteiger partial charge in [0.15, 0.2) is 0 Å². The molecule has 4 nitrogen and oxygen atoms in total. The van der Waals surface area contributed by atoms with Crippen LogP contribution >= 0.6 is 11.6 Å². The Morgan fingerprint density at radius 2 is 2.25 bits per heavy atom. The molecule has 0 saturated carbocycles. The molecule has 0 aromatic heterocycles. The van der Waals surface area contributed by atoms with Crippen LogP contribution in [0.5, 0.6) is 0 Å². The summed E-state index contributed by atoms with van der Waals surface area (Å²) in [6.45, 7) is 1.92. The summed E-state index contributed by atoms with van der Waals surface area (Å²) in [4.78, 5) is 13.8. The Balaban J connectivity index is 1.76. The summed E-state index contributed by atoms with van der Waals surface area (Å²) in [6.07, 6.45) is 1.93. The second-order valence-corrected chi connectivity index (χ2v) is 5.52. The van der Waals surface area contributed by atoms with Crippen molar-refractivity contribution in [3.05, 3.63) is 34.9 Å². The molecule has 0 bridgehead atoms. The molecule has 1 fully saturated rings. The molecular weight excluding hydrogens is 278 g/mol. The highest BCUT2D eigenvalue weighted by atomic mass is 35.5. The zero-order valence-corrected chi connectivity index (χ0v) is 12.2. The largest absolute Gasteiger partial charge is 0.396 e. The topological polar surface area (TPSA) is 49.8 Å². The molecule has 1 saturated heterocycles. The normalized spacial score (nSPS) is 19.1. The van der Waals surface area contributed by atoms with Crippen LogP contribution in [0.1, 0.15) is 18.4 Å². The van der Waals surface area contributed by atoms with Crippen molar-refractivity contribution >= 4 is 17.5 Å². The van der Waals surface area contributed by atoms with Gasteiger partial charge in [-0.3, -0.25) is 4.79 Å². The molecule has 1 aliphatic heterocycles. The summed E-state index contributed by atoms with van der Waals surface area (Å²) >= 11 is 6.02. The van der Waals surface area contributed by atoms with Gasteiger partial charge in [0, 0.05) is 24.7 Å². The fourth-order valence-corrected chi connectivity index (χ4v) is 2.59. The van der Waals surface area contributed by atoms with Crippen LogP contribution in [0.25, 0.3) is 0 Å². The third kappa shape index (κ3) is 4.20. The second kappa shape index (κ2) is 7.62. The predicted molar refractivity (Wildman–Crippen MR) is 77.5 cm³/mol. The van der Waals surface area contributed by atoms with Crippen LogP contribution in [0.4, 0.5) is 0 Å². The van der Waals surface area contributed by atoms with Gasteiger partial charge in [-0.1, -0.05) is 29.8 Å². The lowest BCUT2D eigenvalue weighted by Gasteiger charge is -2.31. The van der Waals surface area contributed by atoms with E-state index in [-0.39, 0.29) is 25.0 Å². The lowest BCUT2D eigenvalue weighted by atomic mass is 9.99. The molecule has 1 atom stereocenters. The number of amides is 1. The van der Waals surface area contributed by atoms with Crippen molar-refractivity contribution in [2.75, 3.05) is 26.3 Å². The average Bonchev–Trinajstić information content (AvgIpc) is 2.49. The van der Waals surface area contributed by atoms with Gasteiger partial charge in [-0.25, -0.2) is 0 Å². The molecule has 1 aliphatic rings. The van der Waals surface area contributed by atoms with Gasteiger partial charge in [0.1, 0.15) is 6.61 Å². The van der Waals surface area contributed by atoms with Crippen molar-refractivity contribution in [1.82, 2.24) is 4.90 Å². The van der Waals surface area contributed by atoms with Crippen molar-refractivity contribution < 1.29 is 14.6 Å². The maximum Gasteiger partial charge on any atom is 0.248 e. The highest BCUT2D eigenvalue weighted by Crippen LogP contribution is 2.17. The lowest BCUT2D eigenvalue weighted by molar-refractivity contribution is -0.138. The van der Waals surface area contributed by atoms with Crippen molar-refractivity contribution in [2.24, 2.45) is 5.92 Å². The number of likely N-dealkylation sites (tertiary alicyclic amines) is 1. The van der Waals surface area contributed by atoms with Crippen LogP contribution in [-0.2, 0) is 16.1 Å². The monoisotopic (exact) mass is 297 g/mol. The first-order chi connectivity index (χ1) is 9.70. The number of aliphatic hydroxyl groups is 1. The zero-order chi connectivity index (χ0) is 14.4. The van der Waals surface area contributed by atoms with Crippen LogP contribution in [0.15, 0.2) is 24.3 Å². The molecule has 20 heavy (non-hydrogen) atoms. The molecule has 0 radical (unpaired) electrons. The van der Waals surface area contributed by atoms with Crippen molar-refractivity contribution in [2.45, 2.75) is 19.4 Å². The van der Waals surface area contributed by atoms with Gasteiger partial charge in [0.2, 0.25) is 5.91 Å². The number of hydrogen-bond acceptors (Lipinski definition) is 3.